The van der Waals surface area contributed by atoms with Crippen LogP contribution in [0.15, 0.2) is 60.7 Å². The summed E-state index contributed by atoms with van der Waals surface area (Å²) in [5, 5.41) is 2.99. The molecule has 26 heavy (non-hydrogen) atoms. The number of carbonyl (C=O) groups is 2. The Kier molecular flexibility index (Phi) is 6.05. The monoisotopic (exact) mass is 351 g/mol. The average molecular weight is 351 g/mol. The number of ether oxygens (including phenoxy) is 1. The first-order valence-electron chi connectivity index (χ1n) is 9.26. The van der Waals surface area contributed by atoms with Crippen molar-refractivity contribution in [1.29, 1.82) is 0 Å². The van der Waals surface area contributed by atoms with Crippen molar-refractivity contribution in [1.82, 2.24) is 5.32 Å². The minimum Gasteiger partial charge on any atom is -0.452 e. The van der Waals surface area contributed by atoms with Crippen LogP contribution in [0, 0.1) is 0 Å². The molecular weight excluding hydrogens is 326 g/mol. The Bertz CT molecular complexity index is 684. The molecule has 1 unspecified atom stereocenters. The summed E-state index contributed by atoms with van der Waals surface area (Å²) in [5.74, 6) is -1.17. The van der Waals surface area contributed by atoms with Crippen LogP contribution < -0.4 is 5.32 Å². The van der Waals surface area contributed by atoms with Crippen molar-refractivity contribution in [2.75, 3.05) is 0 Å². The molecule has 0 aromatic heterocycles. The van der Waals surface area contributed by atoms with Gasteiger partial charge in [-0.2, -0.15) is 0 Å². The van der Waals surface area contributed by atoms with Gasteiger partial charge in [0.2, 0.25) is 0 Å². The van der Waals surface area contributed by atoms with Crippen LogP contribution >= 0.6 is 0 Å². The molecule has 0 aliphatic heterocycles. The summed E-state index contributed by atoms with van der Waals surface area (Å²) in [6, 6.07) is 19.2. The normalized spacial score (nSPS) is 15.6. The van der Waals surface area contributed by atoms with E-state index in [1.165, 1.54) is 0 Å². The van der Waals surface area contributed by atoms with E-state index in [0.29, 0.717) is 0 Å². The fraction of sp³-hybridized carbons (Fsp3) is 0.364. The van der Waals surface area contributed by atoms with Crippen molar-refractivity contribution >= 4 is 11.9 Å². The van der Waals surface area contributed by atoms with Crippen LogP contribution in [-0.2, 0) is 14.3 Å². The average Bonchev–Trinajstić information content (AvgIpc) is 3.16. The van der Waals surface area contributed by atoms with Gasteiger partial charge in [-0.05, 0) is 30.9 Å². The van der Waals surface area contributed by atoms with Crippen molar-refractivity contribution in [3.8, 4) is 0 Å². The molecule has 1 atom stereocenters. The second-order valence-electron chi connectivity index (χ2n) is 6.82. The van der Waals surface area contributed by atoms with Gasteiger partial charge in [0, 0.05) is 6.04 Å². The molecule has 0 heterocycles. The molecule has 1 amide bonds. The maximum absolute atomic E-state index is 12.9. The summed E-state index contributed by atoms with van der Waals surface area (Å²) in [6.45, 7) is 1.63. The van der Waals surface area contributed by atoms with Crippen molar-refractivity contribution < 1.29 is 14.3 Å². The maximum atomic E-state index is 12.9. The predicted molar refractivity (Wildman–Crippen MR) is 101 cm³/mol. The number of rotatable bonds is 6. The molecule has 0 bridgehead atoms. The number of nitrogens with one attached hydrogen (secondary N) is 1. The Morgan fingerprint density at radius 2 is 1.42 bits per heavy atom. The molecule has 136 valence electrons. The van der Waals surface area contributed by atoms with Gasteiger partial charge in [0.25, 0.3) is 5.91 Å². The topological polar surface area (TPSA) is 55.4 Å². The van der Waals surface area contributed by atoms with Gasteiger partial charge in [-0.25, -0.2) is 0 Å². The van der Waals surface area contributed by atoms with E-state index in [1.54, 1.807) is 6.92 Å². The Morgan fingerprint density at radius 3 is 1.92 bits per heavy atom. The van der Waals surface area contributed by atoms with Crippen LogP contribution in [0.5, 0.6) is 0 Å². The van der Waals surface area contributed by atoms with Gasteiger partial charge in [-0.1, -0.05) is 73.5 Å². The van der Waals surface area contributed by atoms with Crippen LogP contribution in [0.2, 0.25) is 0 Å². The molecule has 0 spiro atoms. The molecule has 0 saturated heterocycles. The highest BCUT2D eigenvalue weighted by atomic mass is 16.5. The van der Waals surface area contributed by atoms with Crippen molar-refractivity contribution in [2.24, 2.45) is 0 Å². The smallest absolute Gasteiger partial charge is 0.318 e. The SMILES string of the molecule is CC(OC(=O)C(c1ccccc1)c1ccccc1)C(=O)NC1CCCC1. The molecule has 4 nitrogen and oxygen atoms in total. The van der Waals surface area contributed by atoms with Crippen LogP contribution in [0.4, 0.5) is 0 Å². The largest absolute Gasteiger partial charge is 0.452 e. The number of benzene rings is 2. The van der Waals surface area contributed by atoms with E-state index >= 15 is 0 Å². The number of carbonyl (C=O) groups excluding carboxylic acids is 2. The summed E-state index contributed by atoms with van der Waals surface area (Å²) in [4.78, 5) is 25.2. The third-order valence-electron chi connectivity index (χ3n) is 4.87. The molecule has 3 rings (SSSR count). The zero-order chi connectivity index (χ0) is 18.4. The first kappa shape index (κ1) is 18.2. The Balaban J connectivity index is 1.72. The summed E-state index contributed by atoms with van der Waals surface area (Å²) >= 11 is 0. The van der Waals surface area contributed by atoms with Gasteiger partial charge in [-0.3, -0.25) is 9.59 Å². The molecule has 1 aliphatic rings. The van der Waals surface area contributed by atoms with Gasteiger partial charge in [-0.15, -0.1) is 0 Å². The first-order valence-corrected chi connectivity index (χ1v) is 9.26. The van der Waals surface area contributed by atoms with E-state index in [1.807, 2.05) is 60.7 Å². The highest BCUT2D eigenvalue weighted by molar-refractivity contribution is 5.87. The third kappa shape index (κ3) is 4.51. The molecule has 4 heteroatoms. The number of hydrogen-bond donors (Lipinski definition) is 1. The molecular formula is C22H25NO3. The molecule has 1 N–H and O–H groups in total. The third-order valence-corrected chi connectivity index (χ3v) is 4.87. The molecule has 0 radical (unpaired) electrons. The summed E-state index contributed by atoms with van der Waals surface area (Å²) < 4.78 is 5.54. The Labute approximate surface area is 154 Å². The van der Waals surface area contributed by atoms with Gasteiger partial charge < -0.3 is 10.1 Å². The fourth-order valence-electron chi connectivity index (χ4n) is 3.44. The lowest BCUT2D eigenvalue weighted by Crippen LogP contribution is -2.41. The first-order chi connectivity index (χ1) is 12.6. The van der Waals surface area contributed by atoms with Gasteiger partial charge in [0.05, 0.1) is 0 Å². The van der Waals surface area contributed by atoms with Crippen LogP contribution in [-0.4, -0.2) is 24.0 Å². The van der Waals surface area contributed by atoms with Crippen LogP contribution in [0.3, 0.4) is 0 Å². The van der Waals surface area contributed by atoms with Gasteiger partial charge >= 0.3 is 5.97 Å². The lowest BCUT2D eigenvalue weighted by atomic mass is 9.91. The van der Waals surface area contributed by atoms with E-state index in [4.69, 9.17) is 4.74 Å². The Morgan fingerprint density at radius 1 is 0.923 bits per heavy atom. The highest BCUT2D eigenvalue weighted by Gasteiger charge is 2.29. The minimum absolute atomic E-state index is 0.211. The fourth-order valence-corrected chi connectivity index (χ4v) is 3.44. The van der Waals surface area contributed by atoms with E-state index in [-0.39, 0.29) is 11.9 Å². The molecule has 2 aromatic rings. The Hall–Kier alpha value is -2.62. The van der Waals surface area contributed by atoms with Gasteiger partial charge in [0.1, 0.15) is 5.92 Å². The minimum atomic E-state index is -0.807. The maximum Gasteiger partial charge on any atom is 0.318 e. The number of amides is 1. The second-order valence-corrected chi connectivity index (χ2v) is 6.82. The van der Waals surface area contributed by atoms with E-state index < -0.39 is 18.0 Å². The van der Waals surface area contributed by atoms with E-state index in [9.17, 15) is 9.59 Å². The zero-order valence-electron chi connectivity index (χ0n) is 15.1. The van der Waals surface area contributed by atoms with E-state index in [2.05, 4.69) is 5.32 Å². The highest BCUT2D eigenvalue weighted by Crippen LogP contribution is 2.26. The molecule has 1 fully saturated rings. The van der Waals surface area contributed by atoms with Gasteiger partial charge in [0.15, 0.2) is 6.10 Å². The standard InChI is InChI=1S/C22H25NO3/c1-16(21(24)23-19-14-8-9-15-19)26-22(25)20(17-10-4-2-5-11-17)18-12-6-3-7-13-18/h2-7,10-13,16,19-20H,8-9,14-15H2,1H3,(H,23,24). The lowest BCUT2D eigenvalue weighted by molar-refractivity contribution is -0.155. The summed E-state index contributed by atoms with van der Waals surface area (Å²) in [7, 11) is 0. The second kappa shape index (κ2) is 8.65. The predicted octanol–water partition coefficient (Wildman–Crippen LogP) is 3.81. The summed E-state index contributed by atoms with van der Waals surface area (Å²) in [5.41, 5.74) is 1.71. The van der Waals surface area contributed by atoms with Crippen molar-refractivity contribution in [3.05, 3.63) is 71.8 Å². The van der Waals surface area contributed by atoms with Crippen molar-refractivity contribution in [3.63, 3.8) is 0 Å². The molecule has 1 aliphatic carbocycles. The summed E-state index contributed by atoms with van der Waals surface area (Å²) in [6.07, 6.45) is 3.48. The van der Waals surface area contributed by atoms with E-state index in [0.717, 1.165) is 36.8 Å². The van der Waals surface area contributed by atoms with Crippen LogP contribution in [0.25, 0.3) is 0 Å². The number of esters is 1. The molecule has 1 saturated carbocycles. The lowest BCUT2D eigenvalue weighted by Gasteiger charge is -2.21. The molecule has 2 aromatic carbocycles. The number of hydrogen-bond acceptors (Lipinski definition) is 3. The van der Waals surface area contributed by atoms with Crippen LogP contribution in [0.1, 0.15) is 49.7 Å². The van der Waals surface area contributed by atoms with Crippen molar-refractivity contribution in [2.45, 2.75) is 50.7 Å². The quantitative estimate of drug-likeness (QED) is 0.805. The zero-order valence-corrected chi connectivity index (χ0v) is 15.1.